The standard InChI is InChI=1S/C21H19NO/c1-21(15-11-13-16(23-2)14-12-15)17-7-3-5-9-19(17)22-20-10-6-4-8-18(20)21/h3-14,22H,1-2H3. The lowest BCUT2D eigenvalue weighted by Crippen LogP contribution is -2.30. The van der Waals surface area contributed by atoms with E-state index in [1.807, 2.05) is 12.1 Å². The molecule has 0 atom stereocenters. The van der Waals surface area contributed by atoms with Crippen LogP contribution in [0.1, 0.15) is 23.6 Å². The molecule has 0 unspecified atom stereocenters. The Morgan fingerprint density at radius 1 is 0.739 bits per heavy atom. The summed E-state index contributed by atoms with van der Waals surface area (Å²) in [6.45, 7) is 2.30. The zero-order valence-corrected chi connectivity index (χ0v) is 13.3. The Kier molecular flexibility index (Phi) is 3.12. The van der Waals surface area contributed by atoms with Crippen molar-refractivity contribution in [2.75, 3.05) is 12.4 Å². The molecule has 23 heavy (non-hydrogen) atoms. The summed E-state index contributed by atoms with van der Waals surface area (Å²) in [7, 11) is 1.70. The summed E-state index contributed by atoms with van der Waals surface area (Å²) in [5.74, 6) is 0.882. The van der Waals surface area contributed by atoms with Gasteiger partial charge in [0, 0.05) is 16.8 Å². The molecule has 0 aliphatic carbocycles. The van der Waals surface area contributed by atoms with Crippen LogP contribution in [0.15, 0.2) is 72.8 Å². The van der Waals surface area contributed by atoms with E-state index in [9.17, 15) is 0 Å². The average molecular weight is 301 g/mol. The molecule has 114 valence electrons. The third-order valence-corrected chi connectivity index (χ3v) is 4.87. The average Bonchev–Trinajstić information content (AvgIpc) is 2.62. The first-order valence-corrected chi connectivity index (χ1v) is 7.84. The second kappa shape index (κ2) is 5.17. The number of methoxy groups -OCH3 is 1. The van der Waals surface area contributed by atoms with E-state index < -0.39 is 0 Å². The van der Waals surface area contributed by atoms with Crippen LogP contribution in [-0.4, -0.2) is 7.11 Å². The number of anilines is 2. The van der Waals surface area contributed by atoms with E-state index in [4.69, 9.17) is 4.74 Å². The molecule has 1 aliphatic heterocycles. The lowest BCUT2D eigenvalue weighted by atomic mass is 9.68. The molecule has 0 saturated heterocycles. The molecule has 0 saturated carbocycles. The zero-order chi connectivity index (χ0) is 15.9. The topological polar surface area (TPSA) is 21.3 Å². The minimum atomic E-state index is -0.190. The number of nitrogens with one attached hydrogen (secondary N) is 1. The Bertz CT molecular complexity index is 806. The van der Waals surface area contributed by atoms with Crippen LogP contribution < -0.4 is 10.1 Å². The maximum Gasteiger partial charge on any atom is 0.118 e. The number of para-hydroxylation sites is 2. The summed E-state index contributed by atoms with van der Waals surface area (Å²) in [5.41, 5.74) is 6.01. The first-order chi connectivity index (χ1) is 11.2. The van der Waals surface area contributed by atoms with Crippen molar-refractivity contribution in [3.8, 4) is 5.75 Å². The predicted molar refractivity (Wildman–Crippen MR) is 94.7 cm³/mol. The molecule has 2 heteroatoms. The number of fused-ring (bicyclic) bond motifs is 2. The van der Waals surface area contributed by atoms with Gasteiger partial charge in [-0.15, -0.1) is 0 Å². The summed E-state index contributed by atoms with van der Waals surface area (Å²) >= 11 is 0. The highest BCUT2D eigenvalue weighted by Gasteiger charge is 2.37. The molecule has 0 fully saturated rings. The number of benzene rings is 3. The number of rotatable bonds is 2. The molecule has 4 rings (SSSR count). The van der Waals surface area contributed by atoms with E-state index in [2.05, 4.69) is 72.9 Å². The first-order valence-electron chi connectivity index (χ1n) is 7.84. The van der Waals surface area contributed by atoms with Gasteiger partial charge in [0.15, 0.2) is 0 Å². The van der Waals surface area contributed by atoms with Crippen molar-refractivity contribution in [2.45, 2.75) is 12.3 Å². The Balaban J connectivity index is 1.98. The number of hydrogen-bond acceptors (Lipinski definition) is 2. The van der Waals surface area contributed by atoms with Gasteiger partial charge in [0.1, 0.15) is 5.75 Å². The molecule has 1 aliphatic rings. The molecule has 0 aromatic heterocycles. The van der Waals surface area contributed by atoms with E-state index in [0.717, 1.165) is 5.75 Å². The van der Waals surface area contributed by atoms with Crippen LogP contribution in [0.4, 0.5) is 11.4 Å². The van der Waals surface area contributed by atoms with Crippen LogP contribution in [0.5, 0.6) is 5.75 Å². The van der Waals surface area contributed by atoms with E-state index >= 15 is 0 Å². The van der Waals surface area contributed by atoms with Gasteiger partial charge in [-0.25, -0.2) is 0 Å². The van der Waals surface area contributed by atoms with Gasteiger partial charge < -0.3 is 10.1 Å². The van der Waals surface area contributed by atoms with Crippen LogP contribution in [0, 0.1) is 0 Å². The van der Waals surface area contributed by atoms with Crippen LogP contribution >= 0.6 is 0 Å². The second-order valence-electron chi connectivity index (χ2n) is 6.07. The monoisotopic (exact) mass is 301 g/mol. The molecule has 3 aromatic rings. The fourth-order valence-electron chi connectivity index (χ4n) is 3.58. The van der Waals surface area contributed by atoms with E-state index in [1.54, 1.807) is 7.11 Å². The third-order valence-electron chi connectivity index (χ3n) is 4.87. The van der Waals surface area contributed by atoms with Crippen LogP contribution in [0.25, 0.3) is 0 Å². The van der Waals surface area contributed by atoms with Gasteiger partial charge >= 0.3 is 0 Å². The van der Waals surface area contributed by atoms with Crippen molar-refractivity contribution in [1.29, 1.82) is 0 Å². The van der Waals surface area contributed by atoms with Crippen molar-refractivity contribution in [1.82, 2.24) is 0 Å². The zero-order valence-electron chi connectivity index (χ0n) is 13.3. The van der Waals surface area contributed by atoms with Crippen molar-refractivity contribution in [3.05, 3.63) is 89.5 Å². The van der Waals surface area contributed by atoms with Gasteiger partial charge in [-0.1, -0.05) is 48.5 Å². The summed E-state index contributed by atoms with van der Waals surface area (Å²) in [4.78, 5) is 0. The summed E-state index contributed by atoms with van der Waals surface area (Å²) in [6, 6.07) is 25.5. The maximum absolute atomic E-state index is 5.32. The molecule has 0 amide bonds. The molecule has 2 nitrogen and oxygen atoms in total. The Morgan fingerprint density at radius 3 is 1.78 bits per heavy atom. The van der Waals surface area contributed by atoms with Crippen molar-refractivity contribution in [3.63, 3.8) is 0 Å². The minimum Gasteiger partial charge on any atom is -0.497 e. The fraction of sp³-hybridized carbons (Fsp3) is 0.143. The predicted octanol–water partition coefficient (Wildman–Crippen LogP) is 5.11. The summed E-state index contributed by atoms with van der Waals surface area (Å²) in [6.07, 6.45) is 0. The van der Waals surface area contributed by atoms with Crippen LogP contribution in [0.3, 0.4) is 0 Å². The van der Waals surface area contributed by atoms with Crippen molar-refractivity contribution in [2.24, 2.45) is 0 Å². The van der Waals surface area contributed by atoms with Crippen molar-refractivity contribution < 1.29 is 4.74 Å². The Hall–Kier alpha value is -2.74. The van der Waals surface area contributed by atoms with Crippen LogP contribution in [-0.2, 0) is 5.41 Å². The first kappa shape index (κ1) is 13.9. The Morgan fingerprint density at radius 2 is 1.26 bits per heavy atom. The van der Waals surface area contributed by atoms with E-state index in [-0.39, 0.29) is 5.41 Å². The van der Waals surface area contributed by atoms with Gasteiger partial charge in [0.2, 0.25) is 0 Å². The SMILES string of the molecule is COc1ccc(C2(C)c3ccccc3Nc3ccccc32)cc1. The highest BCUT2D eigenvalue weighted by atomic mass is 16.5. The fourth-order valence-corrected chi connectivity index (χ4v) is 3.58. The van der Waals surface area contributed by atoms with Crippen molar-refractivity contribution >= 4 is 11.4 Å². The molecule has 0 radical (unpaired) electrons. The normalized spacial score (nSPS) is 14.3. The number of ether oxygens (including phenoxy) is 1. The molecule has 0 spiro atoms. The van der Waals surface area contributed by atoms with Gasteiger partial charge in [0.25, 0.3) is 0 Å². The highest BCUT2D eigenvalue weighted by molar-refractivity contribution is 5.78. The van der Waals surface area contributed by atoms with E-state index in [0.29, 0.717) is 0 Å². The largest absolute Gasteiger partial charge is 0.497 e. The highest BCUT2D eigenvalue weighted by Crippen LogP contribution is 2.49. The molecule has 3 aromatic carbocycles. The molecular weight excluding hydrogens is 282 g/mol. The minimum absolute atomic E-state index is 0.190. The molecule has 1 heterocycles. The van der Waals surface area contributed by atoms with Crippen LogP contribution in [0.2, 0.25) is 0 Å². The molecular formula is C21H19NO. The van der Waals surface area contributed by atoms with E-state index in [1.165, 1.54) is 28.1 Å². The lowest BCUT2D eigenvalue weighted by molar-refractivity contribution is 0.414. The summed E-state index contributed by atoms with van der Waals surface area (Å²) in [5, 5.41) is 3.56. The molecule has 0 bridgehead atoms. The van der Waals surface area contributed by atoms with Gasteiger partial charge in [-0.3, -0.25) is 0 Å². The smallest absolute Gasteiger partial charge is 0.118 e. The molecule has 1 N–H and O–H groups in total. The Labute approximate surface area is 136 Å². The van der Waals surface area contributed by atoms with Gasteiger partial charge in [-0.2, -0.15) is 0 Å². The van der Waals surface area contributed by atoms with Gasteiger partial charge in [0.05, 0.1) is 7.11 Å². The third kappa shape index (κ3) is 2.02. The quantitative estimate of drug-likeness (QED) is 0.710. The number of hydrogen-bond donors (Lipinski definition) is 1. The second-order valence-corrected chi connectivity index (χ2v) is 6.07. The summed E-state index contributed by atoms with van der Waals surface area (Å²) < 4.78 is 5.32. The van der Waals surface area contributed by atoms with Gasteiger partial charge in [-0.05, 0) is 47.9 Å². The maximum atomic E-state index is 5.32. The lowest BCUT2D eigenvalue weighted by Gasteiger charge is -2.39.